The second kappa shape index (κ2) is 15.1. The second-order valence-corrected chi connectivity index (χ2v) is 10.5. The summed E-state index contributed by atoms with van der Waals surface area (Å²) in [7, 11) is 0. The number of thiazole rings is 4. The topological polar surface area (TPSA) is 51.6 Å². The van der Waals surface area contributed by atoms with Gasteiger partial charge in [-0.3, -0.25) is 0 Å². The van der Waals surface area contributed by atoms with Gasteiger partial charge in [0.15, 0.2) is 0 Å². The van der Waals surface area contributed by atoms with Crippen molar-refractivity contribution in [1.29, 1.82) is 0 Å². The average Bonchev–Trinajstić information content (AvgIpc) is 3.66. The van der Waals surface area contributed by atoms with Crippen LogP contribution in [0.15, 0.2) is 70.6 Å². The predicted octanol–water partition coefficient (Wildman–Crippen LogP) is 2.43. The fourth-order valence-corrected chi connectivity index (χ4v) is 6.04. The van der Waals surface area contributed by atoms with Crippen LogP contribution in [0.3, 0.4) is 0 Å². The molecule has 4 aromatic heterocycles. The predicted molar refractivity (Wildman–Crippen MR) is 137 cm³/mol. The zero-order valence-electron chi connectivity index (χ0n) is 18.9. The van der Waals surface area contributed by atoms with Gasteiger partial charge in [0.2, 0.25) is 0 Å². The Bertz CT molecular complexity index is 1470. The van der Waals surface area contributed by atoms with Gasteiger partial charge in [0.1, 0.15) is 43.3 Å². The zero-order chi connectivity index (χ0) is 25.1. The molecule has 6 aromatic rings. The van der Waals surface area contributed by atoms with E-state index in [2.05, 4.69) is 19.9 Å². The van der Waals surface area contributed by atoms with E-state index in [1.54, 1.807) is 46.3 Å². The molecular formula is C24H12Cl2F4N4PtS4. The number of hydrogen-bond acceptors (Lipinski definition) is 8. The van der Waals surface area contributed by atoms with Crippen LogP contribution >= 0.6 is 45.3 Å². The third kappa shape index (κ3) is 7.58. The Morgan fingerprint density at radius 1 is 0.462 bits per heavy atom. The van der Waals surface area contributed by atoms with Gasteiger partial charge in [0, 0.05) is 69.6 Å². The molecule has 0 aliphatic heterocycles. The summed E-state index contributed by atoms with van der Waals surface area (Å²) in [6.07, 6.45) is 6.39. The molecule has 0 saturated heterocycles. The first-order chi connectivity index (χ1) is 17.5. The van der Waals surface area contributed by atoms with Crippen molar-refractivity contribution in [3.05, 3.63) is 93.8 Å². The quantitative estimate of drug-likeness (QED) is 0.257. The Kier molecular flexibility index (Phi) is 12.8. The molecule has 0 saturated carbocycles. The average molecular weight is 827 g/mol. The summed E-state index contributed by atoms with van der Waals surface area (Å²) in [5.41, 5.74) is 1.50. The SMILES string of the molecule is Fc1cc(F)c(-c2nccs2)c(-c2nccs2)c1.Fc1cc(F)c(-c2nccs2)c(-c2nccs2)c1.[Cl-].[Cl-].[Pt+2]. The first kappa shape index (κ1) is 33.2. The van der Waals surface area contributed by atoms with Gasteiger partial charge in [-0.25, -0.2) is 37.5 Å². The number of benzene rings is 2. The van der Waals surface area contributed by atoms with E-state index >= 15 is 0 Å². The maximum absolute atomic E-state index is 14.0. The largest absolute Gasteiger partial charge is 2.00 e. The van der Waals surface area contributed by atoms with Crippen LogP contribution in [0.4, 0.5) is 17.6 Å². The molecule has 6 rings (SSSR count). The number of nitrogens with zero attached hydrogens (tertiary/aromatic N) is 4. The first-order valence-corrected chi connectivity index (χ1v) is 13.6. The van der Waals surface area contributed by atoms with Crippen molar-refractivity contribution in [3.63, 3.8) is 0 Å². The Morgan fingerprint density at radius 2 is 0.769 bits per heavy atom. The molecule has 0 N–H and O–H groups in total. The summed E-state index contributed by atoms with van der Waals surface area (Å²) in [4.78, 5) is 16.4. The molecule has 15 heteroatoms. The Morgan fingerprint density at radius 3 is 1.05 bits per heavy atom. The molecule has 0 fully saturated rings. The van der Waals surface area contributed by atoms with E-state index in [-0.39, 0.29) is 45.9 Å². The summed E-state index contributed by atoms with van der Waals surface area (Å²) in [6.45, 7) is 0. The fourth-order valence-electron chi connectivity index (χ4n) is 3.33. The van der Waals surface area contributed by atoms with Crippen LogP contribution in [0, 0.1) is 23.3 Å². The van der Waals surface area contributed by atoms with E-state index in [1.165, 1.54) is 57.5 Å². The summed E-state index contributed by atoms with van der Waals surface area (Å²) in [5.74, 6) is -2.46. The molecule has 0 atom stereocenters. The molecule has 0 amide bonds. The smallest absolute Gasteiger partial charge is 1.00 e. The van der Waals surface area contributed by atoms with Crippen molar-refractivity contribution >= 4 is 45.3 Å². The summed E-state index contributed by atoms with van der Waals surface area (Å²) >= 11 is 5.30. The minimum Gasteiger partial charge on any atom is -1.00 e. The number of aromatic nitrogens is 4. The molecule has 4 heterocycles. The van der Waals surface area contributed by atoms with Crippen molar-refractivity contribution in [2.24, 2.45) is 0 Å². The molecule has 0 bridgehead atoms. The van der Waals surface area contributed by atoms with Gasteiger partial charge in [-0.05, 0) is 12.1 Å². The van der Waals surface area contributed by atoms with Crippen LogP contribution in [-0.4, -0.2) is 19.9 Å². The van der Waals surface area contributed by atoms with Crippen LogP contribution in [0.5, 0.6) is 0 Å². The van der Waals surface area contributed by atoms with Crippen LogP contribution in [0.1, 0.15) is 0 Å². The van der Waals surface area contributed by atoms with Gasteiger partial charge in [-0.2, -0.15) is 0 Å². The van der Waals surface area contributed by atoms with E-state index in [0.29, 0.717) is 42.3 Å². The van der Waals surface area contributed by atoms with Crippen LogP contribution in [-0.2, 0) is 21.1 Å². The minimum absolute atomic E-state index is 0. The summed E-state index contributed by atoms with van der Waals surface area (Å²) in [5, 5.41) is 9.26. The second-order valence-electron chi connectivity index (χ2n) is 6.97. The Hall–Kier alpha value is -2.05. The monoisotopic (exact) mass is 825 g/mol. The number of hydrogen-bond donors (Lipinski definition) is 0. The molecule has 0 aliphatic carbocycles. The van der Waals surface area contributed by atoms with Crippen molar-refractivity contribution in [2.75, 3.05) is 0 Å². The van der Waals surface area contributed by atoms with Crippen molar-refractivity contribution in [2.45, 2.75) is 0 Å². The van der Waals surface area contributed by atoms with Crippen LogP contribution in [0.2, 0.25) is 0 Å². The third-order valence-corrected chi connectivity index (χ3v) is 7.92. The van der Waals surface area contributed by atoms with Gasteiger partial charge in [-0.1, -0.05) is 0 Å². The van der Waals surface area contributed by atoms with E-state index in [1.807, 2.05) is 0 Å². The molecule has 2 aromatic carbocycles. The van der Waals surface area contributed by atoms with E-state index < -0.39 is 23.3 Å². The zero-order valence-corrected chi connectivity index (χ0v) is 26.0. The fraction of sp³-hybridized carbons (Fsp3) is 0. The van der Waals surface area contributed by atoms with Gasteiger partial charge in [0.05, 0.1) is 11.1 Å². The Labute approximate surface area is 263 Å². The van der Waals surface area contributed by atoms with Crippen molar-refractivity contribution in [1.82, 2.24) is 19.9 Å². The maximum Gasteiger partial charge on any atom is 2.00 e. The van der Waals surface area contributed by atoms with E-state index in [0.717, 1.165) is 12.1 Å². The maximum atomic E-state index is 14.0. The van der Waals surface area contributed by atoms with Gasteiger partial charge in [0.25, 0.3) is 0 Å². The molecule has 0 radical (unpaired) electrons. The first-order valence-electron chi connectivity index (χ1n) is 10.1. The molecular weight excluding hydrogens is 815 g/mol. The Balaban J connectivity index is 0.000000254. The van der Waals surface area contributed by atoms with Gasteiger partial charge in [-0.15, -0.1) is 45.3 Å². The molecule has 0 aliphatic rings. The van der Waals surface area contributed by atoms with Gasteiger partial charge >= 0.3 is 21.1 Å². The standard InChI is InChI=1S/2C12H6F2N2S2.2ClH.Pt/c2*13-7-5-8(11-15-1-3-17-11)10(9(14)6-7)12-16-2-4-18-12;;;/h2*1-6H;2*1H;/q;;;;+2/p-2. The third-order valence-electron chi connectivity index (χ3n) is 4.73. The van der Waals surface area contributed by atoms with Crippen LogP contribution < -0.4 is 24.8 Å². The minimum atomic E-state index is -0.616. The van der Waals surface area contributed by atoms with Crippen molar-refractivity contribution in [3.8, 4) is 42.3 Å². The summed E-state index contributed by atoms with van der Waals surface area (Å²) < 4.78 is 54.7. The van der Waals surface area contributed by atoms with Crippen LogP contribution in [0.25, 0.3) is 42.3 Å². The normalized spacial score (nSPS) is 9.95. The number of halogens is 6. The van der Waals surface area contributed by atoms with E-state index in [4.69, 9.17) is 0 Å². The molecule has 39 heavy (non-hydrogen) atoms. The molecule has 204 valence electrons. The summed E-state index contributed by atoms with van der Waals surface area (Å²) in [6, 6.07) is 4.32. The molecule has 0 spiro atoms. The van der Waals surface area contributed by atoms with Gasteiger partial charge < -0.3 is 24.8 Å². The van der Waals surface area contributed by atoms with E-state index in [9.17, 15) is 17.6 Å². The molecule has 4 nitrogen and oxygen atoms in total. The number of rotatable bonds is 4. The molecule has 0 unspecified atom stereocenters. The van der Waals surface area contributed by atoms with Crippen molar-refractivity contribution < 1.29 is 63.4 Å².